The lowest BCUT2D eigenvalue weighted by molar-refractivity contribution is 0.575. The summed E-state index contributed by atoms with van der Waals surface area (Å²) < 4.78 is 26.1. The van der Waals surface area contributed by atoms with Crippen molar-refractivity contribution in [1.29, 1.82) is 0 Å². The Kier molecular flexibility index (Phi) is 3.99. The second kappa shape index (κ2) is 4.85. The summed E-state index contributed by atoms with van der Waals surface area (Å²) in [7, 11) is -1.57. The molecular formula is C11H17F2NSi. The fourth-order valence-corrected chi connectivity index (χ4v) is 3.36. The summed E-state index contributed by atoms with van der Waals surface area (Å²) in [4.78, 5) is 0. The van der Waals surface area contributed by atoms with Gasteiger partial charge in [0.2, 0.25) is 0 Å². The standard InChI is InChI=1S/C11H17F2NSi/c1-3-15(2,8-14)7-9-4-5-10(12)6-11(9)13/h4-6H,3,7-8,14H2,1-2H3. The van der Waals surface area contributed by atoms with Crippen molar-refractivity contribution < 1.29 is 8.78 Å². The summed E-state index contributed by atoms with van der Waals surface area (Å²) in [6, 6.07) is 5.48. The van der Waals surface area contributed by atoms with Crippen LogP contribution in [-0.4, -0.2) is 14.2 Å². The molecular weight excluding hydrogens is 212 g/mol. The van der Waals surface area contributed by atoms with E-state index in [1.165, 1.54) is 12.1 Å². The quantitative estimate of drug-likeness (QED) is 0.789. The molecule has 0 heterocycles. The van der Waals surface area contributed by atoms with E-state index in [-0.39, 0.29) is 0 Å². The molecule has 0 fully saturated rings. The second-order valence-electron chi connectivity index (χ2n) is 4.28. The molecule has 1 aromatic rings. The van der Waals surface area contributed by atoms with E-state index in [4.69, 9.17) is 5.73 Å². The lowest BCUT2D eigenvalue weighted by Gasteiger charge is -2.24. The van der Waals surface area contributed by atoms with Crippen LogP contribution >= 0.6 is 0 Å². The summed E-state index contributed by atoms with van der Waals surface area (Å²) in [6.45, 7) is 4.23. The van der Waals surface area contributed by atoms with Gasteiger partial charge in [0.1, 0.15) is 11.6 Å². The van der Waals surface area contributed by atoms with Gasteiger partial charge in [-0.1, -0.05) is 25.6 Å². The third-order valence-electron chi connectivity index (χ3n) is 2.98. The summed E-state index contributed by atoms with van der Waals surface area (Å²) in [5.74, 6) is -0.973. The molecule has 1 aromatic carbocycles. The third-order valence-corrected chi connectivity index (χ3v) is 6.91. The average Bonchev–Trinajstić information content (AvgIpc) is 2.22. The van der Waals surface area contributed by atoms with Crippen molar-refractivity contribution in [3.05, 3.63) is 35.4 Å². The Balaban J connectivity index is 2.89. The summed E-state index contributed by atoms with van der Waals surface area (Å²) in [6.07, 6.45) is 0.639. The molecule has 0 aliphatic carbocycles. The van der Waals surface area contributed by atoms with E-state index >= 15 is 0 Å². The highest BCUT2D eigenvalue weighted by molar-refractivity contribution is 6.78. The molecule has 1 nitrogen and oxygen atoms in total. The van der Waals surface area contributed by atoms with Crippen LogP contribution in [0.3, 0.4) is 0 Å². The second-order valence-corrected chi connectivity index (χ2v) is 9.37. The highest BCUT2D eigenvalue weighted by atomic mass is 28.3. The molecule has 0 amide bonds. The largest absolute Gasteiger partial charge is 0.333 e. The van der Waals surface area contributed by atoms with Gasteiger partial charge in [0.05, 0.1) is 8.07 Å². The van der Waals surface area contributed by atoms with Gasteiger partial charge in [0.15, 0.2) is 0 Å². The topological polar surface area (TPSA) is 26.0 Å². The minimum atomic E-state index is -1.57. The van der Waals surface area contributed by atoms with Crippen LogP contribution in [0.1, 0.15) is 12.5 Å². The maximum Gasteiger partial charge on any atom is 0.129 e. The van der Waals surface area contributed by atoms with Crippen molar-refractivity contribution in [2.45, 2.75) is 25.6 Å². The van der Waals surface area contributed by atoms with Crippen LogP contribution in [0.15, 0.2) is 18.2 Å². The van der Waals surface area contributed by atoms with Crippen molar-refractivity contribution in [3.8, 4) is 0 Å². The first kappa shape index (κ1) is 12.3. The van der Waals surface area contributed by atoms with Crippen LogP contribution in [0.5, 0.6) is 0 Å². The number of hydrogen-bond donors (Lipinski definition) is 1. The van der Waals surface area contributed by atoms with Crippen molar-refractivity contribution in [3.63, 3.8) is 0 Å². The first-order valence-electron chi connectivity index (χ1n) is 5.15. The summed E-state index contributed by atoms with van der Waals surface area (Å²) in [5, 5.41) is 0. The predicted octanol–water partition coefficient (Wildman–Crippen LogP) is 2.64. The predicted molar refractivity (Wildman–Crippen MR) is 61.2 cm³/mol. The average molecular weight is 229 g/mol. The van der Waals surface area contributed by atoms with Crippen LogP contribution in [-0.2, 0) is 6.04 Å². The van der Waals surface area contributed by atoms with Gasteiger partial charge in [-0.25, -0.2) is 8.78 Å². The molecule has 84 valence electrons. The van der Waals surface area contributed by atoms with Gasteiger partial charge in [-0.05, 0) is 23.8 Å². The SMILES string of the molecule is CC[Si](C)(CN)Cc1ccc(F)cc1F. The number of halogens is 2. The Morgan fingerprint density at radius 1 is 1.33 bits per heavy atom. The Labute approximate surface area is 90.3 Å². The molecule has 0 aromatic heterocycles. The van der Waals surface area contributed by atoms with Crippen molar-refractivity contribution >= 4 is 8.07 Å². The van der Waals surface area contributed by atoms with Gasteiger partial charge >= 0.3 is 0 Å². The number of rotatable bonds is 4. The molecule has 0 aliphatic rings. The van der Waals surface area contributed by atoms with E-state index < -0.39 is 19.7 Å². The van der Waals surface area contributed by atoms with Gasteiger partial charge in [0.25, 0.3) is 0 Å². The highest BCUT2D eigenvalue weighted by Crippen LogP contribution is 2.18. The molecule has 1 atom stereocenters. The van der Waals surface area contributed by atoms with E-state index in [0.29, 0.717) is 17.8 Å². The zero-order valence-electron chi connectivity index (χ0n) is 9.19. The van der Waals surface area contributed by atoms with Crippen molar-refractivity contribution in [1.82, 2.24) is 0 Å². The van der Waals surface area contributed by atoms with Gasteiger partial charge in [-0.2, -0.15) is 0 Å². The molecule has 1 rings (SSSR count). The Morgan fingerprint density at radius 2 is 2.00 bits per heavy atom. The zero-order chi connectivity index (χ0) is 11.5. The van der Waals surface area contributed by atoms with Gasteiger partial charge in [-0.15, -0.1) is 0 Å². The van der Waals surface area contributed by atoms with Crippen LogP contribution in [0.2, 0.25) is 12.6 Å². The molecule has 0 spiro atoms. The Morgan fingerprint density at radius 3 is 2.47 bits per heavy atom. The van der Waals surface area contributed by atoms with E-state index in [2.05, 4.69) is 13.5 Å². The minimum Gasteiger partial charge on any atom is -0.333 e. The molecule has 15 heavy (non-hydrogen) atoms. The molecule has 2 N–H and O–H groups in total. The maximum atomic E-state index is 13.4. The number of benzene rings is 1. The van der Waals surface area contributed by atoms with E-state index in [0.717, 1.165) is 12.1 Å². The van der Waals surface area contributed by atoms with Crippen LogP contribution in [0.25, 0.3) is 0 Å². The molecule has 0 saturated heterocycles. The fraction of sp³-hybridized carbons (Fsp3) is 0.455. The summed E-state index contributed by atoms with van der Waals surface area (Å²) >= 11 is 0. The molecule has 4 heteroatoms. The monoisotopic (exact) mass is 229 g/mol. The van der Waals surface area contributed by atoms with Crippen LogP contribution in [0, 0.1) is 11.6 Å². The minimum absolute atomic E-state index is 0.448. The van der Waals surface area contributed by atoms with Crippen LogP contribution in [0.4, 0.5) is 8.78 Å². The number of nitrogens with two attached hydrogens (primary N) is 1. The fourth-order valence-electron chi connectivity index (χ4n) is 1.47. The van der Waals surface area contributed by atoms with Gasteiger partial charge in [0, 0.05) is 6.07 Å². The van der Waals surface area contributed by atoms with Gasteiger partial charge in [-0.3, -0.25) is 0 Å². The third kappa shape index (κ3) is 3.11. The van der Waals surface area contributed by atoms with E-state index in [1.54, 1.807) is 0 Å². The van der Waals surface area contributed by atoms with E-state index in [9.17, 15) is 8.78 Å². The normalized spacial score (nSPS) is 15.0. The lowest BCUT2D eigenvalue weighted by Crippen LogP contribution is -2.42. The number of hydrogen-bond acceptors (Lipinski definition) is 1. The molecule has 0 aliphatic heterocycles. The van der Waals surface area contributed by atoms with Crippen LogP contribution < -0.4 is 5.73 Å². The first-order valence-corrected chi connectivity index (χ1v) is 8.27. The zero-order valence-corrected chi connectivity index (χ0v) is 10.2. The Hall–Kier alpha value is -0.743. The molecule has 0 radical (unpaired) electrons. The summed E-state index contributed by atoms with van der Waals surface area (Å²) in [5.41, 5.74) is 6.31. The van der Waals surface area contributed by atoms with E-state index in [1.807, 2.05) is 0 Å². The maximum absolute atomic E-state index is 13.4. The Bertz CT molecular complexity index is 337. The van der Waals surface area contributed by atoms with Crippen molar-refractivity contribution in [2.75, 3.05) is 6.17 Å². The van der Waals surface area contributed by atoms with Gasteiger partial charge < -0.3 is 5.73 Å². The molecule has 1 unspecified atom stereocenters. The molecule has 0 saturated carbocycles. The lowest BCUT2D eigenvalue weighted by atomic mass is 10.2. The highest BCUT2D eigenvalue weighted by Gasteiger charge is 2.24. The smallest absolute Gasteiger partial charge is 0.129 e. The van der Waals surface area contributed by atoms with Crippen molar-refractivity contribution in [2.24, 2.45) is 5.73 Å². The first-order chi connectivity index (χ1) is 7.00. The molecule has 0 bridgehead atoms.